The molecule has 0 radical (unpaired) electrons. The number of amides is 1. The first-order valence-corrected chi connectivity index (χ1v) is 6.01. The molecule has 0 spiro atoms. The minimum absolute atomic E-state index is 0.0131. The van der Waals surface area contributed by atoms with Crippen molar-refractivity contribution in [2.45, 2.75) is 38.6 Å². The Balaban J connectivity index is 2.00. The first-order chi connectivity index (χ1) is 8.13. The number of nitriles is 1. The van der Waals surface area contributed by atoms with Gasteiger partial charge in [0.2, 0.25) is 5.91 Å². The van der Waals surface area contributed by atoms with E-state index in [1.807, 2.05) is 0 Å². The Morgan fingerprint density at radius 2 is 2.12 bits per heavy atom. The van der Waals surface area contributed by atoms with Crippen LogP contribution < -0.4 is 0 Å². The molecule has 5 heteroatoms. The molecule has 0 bridgehead atoms. The number of hydrogen-bond acceptors (Lipinski definition) is 4. The number of nitrogens with zero attached hydrogens (tertiary/aromatic N) is 2. The molecule has 5 nitrogen and oxygen atoms in total. The second kappa shape index (κ2) is 4.36. The minimum Gasteiger partial charge on any atom is -0.465 e. The third kappa shape index (κ3) is 2.41. The molecule has 2 rings (SSSR count). The van der Waals surface area contributed by atoms with Gasteiger partial charge < -0.3 is 9.64 Å². The Morgan fingerprint density at radius 1 is 1.47 bits per heavy atom. The molecule has 2 aliphatic rings. The van der Waals surface area contributed by atoms with Gasteiger partial charge in [0, 0.05) is 6.04 Å². The first kappa shape index (κ1) is 11.9. The fourth-order valence-electron chi connectivity index (χ4n) is 1.87. The van der Waals surface area contributed by atoms with Gasteiger partial charge in [-0.1, -0.05) is 0 Å². The van der Waals surface area contributed by atoms with E-state index in [0.29, 0.717) is 19.4 Å². The zero-order valence-corrected chi connectivity index (χ0v) is 9.94. The molecule has 0 N–H and O–H groups in total. The lowest BCUT2D eigenvalue weighted by molar-refractivity contribution is -0.150. The molecule has 0 unspecified atom stereocenters. The van der Waals surface area contributed by atoms with Crippen molar-refractivity contribution in [3.05, 3.63) is 0 Å². The molecule has 0 atom stereocenters. The standard InChI is InChI=1S/C12H16N2O3/c1-2-17-10(15)7-14(9-3-4-9)11(16)12(8-13)5-6-12/h9H,2-7H2,1H3. The topological polar surface area (TPSA) is 70.4 Å². The third-order valence-electron chi connectivity index (χ3n) is 3.23. The summed E-state index contributed by atoms with van der Waals surface area (Å²) in [7, 11) is 0. The Morgan fingerprint density at radius 3 is 2.53 bits per heavy atom. The lowest BCUT2D eigenvalue weighted by Crippen LogP contribution is -2.42. The van der Waals surface area contributed by atoms with E-state index in [1.165, 1.54) is 4.90 Å². The van der Waals surface area contributed by atoms with Gasteiger partial charge in [-0.15, -0.1) is 0 Å². The summed E-state index contributed by atoms with van der Waals surface area (Å²) in [4.78, 5) is 25.1. The van der Waals surface area contributed by atoms with Gasteiger partial charge in [-0.05, 0) is 32.6 Å². The van der Waals surface area contributed by atoms with Gasteiger partial charge in [-0.25, -0.2) is 0 Å². The van der Waals surface area contributed by atoms with Crippen molar-refractivity contribution in [3.63, 3.8) is 0 Å². The van der Waals surface area contributed by atoms with E-state index in [1.54, 1.807) is 6.92 Å². The molecule has 0 saturated heterocycles. The van der Waals surface area contributed by atoms with Gasteiger partial charge in [0.15, 0.2) is 0 Å². The van der Waals surface area contributed by atoms with Gasteiger partial charge in [0.05, 0.1) is 12.7 Å². The van der Waals surface area contributed by atoms with E-state index >= 15 is 0 Å². The summed E-state index contributed by atoms with van der Waals surface area (Å²) in [5.74, 6) is -0.572. The number of rotatable bonds is 5. The van der Waals surface area contributed by atoms with Gasteiger partial charge in [0.1, 0.15) is 12.0 Å². The van der Waals surface area contributed by atoms with E-state index in [2.05, 4.69) is 6.07 Å². The van der Waals surface area contributed by atoms with Gasteiger partial charge in [-0.3, -0.25) is 9.59 Å². The van der Waals surface area contributed by atoms with Gasteiger partial charge >= 0.3 is 5.97 Å². The van der Waals surface area contributed by atoms with E-state index in [-0.39, 0.29) is 24.5 Å². The predicted molar refractivity (Wildman–Crippen MR) is 58.6 cm³/mol. The zero-order chi connectivity index (χ0) is 12.5. The molecule has 0 aromatic rings. The predicted octanol–water partition coefficient (Wildman–Crippen LogP) is 0.844. The quantitative estimate of drug-likeness (QED) is 0.663. The van der Waals surface area contributed by atoms with E-state index < -0.39 is 5.41 Å². The Hall–Kier alpha value is -1.57. The van der Waals surface area contributed by atoms with Crippen molar-refractivity contribution in [3.8, 4) is 6.07 Å². The van der Waals surface area contributed by atoms with Crippen LogP contribution in [0.2, 0.25) is 0 Å². The third-order valence-corrected chi connectivity index (χ3v) is 3.23. The molecule has 2 aliphatic carbocycles. The molecular weight excluding hydrogens is 220 g/mol. The van der Waals surface area contributed by atoms with Crippen LogP contribution in [0.5, 0.6) is 0 Å². The van der Waals surface area contributed by atoms with Crippen molar-refractivity contribution in [2.75, 3.05) is 13.2 Å². The first-order valence-electron chi connectivity index (χ1n) is 6.01. The van der Waals surface area contributed by atoms with Crippen LogP contribution in [-0.4, -0.2) is 36.0 Å². The number of hydrogen-bond donors (Lipinski definition) is 0. The zero-order valence-electron chi connectivity index (χ0n) is 9.94. The normalized spacial score (nSPS) is 20.2. The van der Waals surface area contributed by atoms with Crippen LogP contribution in [0.1, 0.15) is 32.6 Å². The molecule has 1 amide bonds. The molecule has 2 fully saturated rings. The van der Waals surface area contributed by atoms with Crippen molar-refractivity contribution in [1.82, 2.24) is 4.90 Å². The van der Waals surface area contributed by atoms with Crippen LogP contribution in [0, 0.1) is 16.7 Å². The summed E-state index contributed by atoms with van der Waals surface area (Å²) >= 11 is 0. The average molecular weight is 236 g/mol. The lowest BCUT2D eigenvalue weighted by Gasteiger charge is -2.23. The van der Waals surface area contributed by atoms with Crippen molar-refractivity contribution in [2.24, 2.45) is 5.41 Å². The molecule has 0 aromatic carbocycles. The van der Waals surface area contributed by atoms with Crippen LogP contribution >= 0.6 is 0 Å². The monoisotopic (exact) mass is 236 g/mol. The number of esters is 1. The summed E-state index contributed by atoms with van der Waals surface area (Å²) in [5.41, 5.74) is -0.838. The lowest BCUT2D eigenvalue weighted by atomic mass is 10.1. The van der Waals surface area contributed by atoms with Crippen LogP contribution in [0.15, 0.2) is 0 Å². The maximum atomic E-state index is 12.2. The summed E-state index contributed by atoms with van der Waals surface area (Å²) in [6.45, 7) is 2.04. The molecule has 92 valence electrons. The van der Waals surface area contributed by atoms with E-state index in [4.69, 9.17) is 10.00 Å². The molecule has 17 heavy (non-hydrogen) atoms. The molecule has 0 heterocycles. The fraction of sp³-hybridized carbons (Fsp3) is 0.750. The smallest absolute Gasteiger partial charge is 0.325 e. The molecular formula is C12H16N2O3. The highest BCUT2D eigenvalue weighted by Gasteiger charge is 2.54. The molecule has 2 saturated carbocycles. The maximum absolute atomic E-state index is 12.2. The SMILES string of the molecule is CCOC(=O)CN(C(=O)C1(C#N)CC1)C1CC1. The summed E-state index contributed by atoms with van der Waals surface area (Å²) < 4.78 is 4.85. The van der Waals surface area contributed by atoms with E-state index in [9.17, 15) is 9.59 Å². The van der Waals surface area contributed by atoms with E-state index in [0.717, 1.165) is 12.8 Å². The highest BCUT2D eigenvalue weighted by atomic mass is 16.5. The van der Waals surface area contributed by atoms with Crippen LogP contribution in [-0.2, 0) is 14.3 Å². The number of carbonyl (C=O) groups is 2. The largest absolute Gasteiger partial charge is 0.465 e. The maximum Gasteiger partial charge on any atom is 0.325 e. The highest BCUT2D eigenvalue weighted by molar-refractivity contribution is 5.91. The molecule has 0 aromatic heterocycles. The number of carbonyl (C=O) groups excluding carboxylic acids is 2. The van der Waals surface area contributed by atoms with Crippen LogP contribution in [0.3, 0.4) is 0 Å². The Kier molecular flexibility index (Phi) is 3.05. The Bertz CT molecular complexity index is 378. The van der Waals surface area contributed by atoms with Crippen molar-refractivity contribution >= 4 is 11.9 Å². The molecule has 0 aliphatic heterocycles. The average Bonchev–Trinajstić information content (AvgIpc) is 3.18. The second-order valence-electron chi connectivity index (χ2n) is 4.66. The summed E-state index contributed by atoms with van der Waals surface area (Å²) in [6, 6.07) is 2.21. The second-order valence-corrected chi connectivity index (χ2v) is 4.66. The summed E-state index contributed by atoms with van der Waals surface area (Å²) in [5, 5.41) is 9.00. The van der Waals surface area contributed by atoms with Crippen molar-refractivity contribution in [1.29, 1.82) is 5.26 Å². The number of ether oxygens (including phenoxy) is 1. The minimum atomic E-state index is -0.838. The van der Waals surface area contributed by atoms with Crippen LogP contribution in [0.25, 0.3) is 0 Å². The van der Waals surface area contributed by atoms with Gasteiger partial charge in [-0.2, -0.15) is 5.26 Å². The highest BCUT2D eigenvalue weighted by Crippen LogP contribution is 2.48. The van der Waals surface area contributed by atoms with Crippen LogP contribution in [0.4, 0.5) is 0 Å². The van der Waals surface area contributed by atoms with Gasteiger partial charge in [0.25, 0.3) is 0 Å². The fourth-order valence-corrected chi connectivity index (χ4v) is 1.87. The summed E-state index contributed by atoms with van der Waals surface area (Å²) in [6.07, 6.45) is 3.09. The van der Waals surface area contributed by atoms with Crippen molar-refractivity contribution < 1.29 is 14.3 Å². The Labute approximate surface area is 100 Å².